The van der Waals surface area contributed by atoms with Crippen LogP contribution in [-0.2, 0) is 6.42 Å². The molecule has 2 N–H and O–H groups in total. The summed E-state index contributed by atoms with van der Waals surface area (Å²) in [5.74, 6) is 0.948. The maximum Gasteiger partial charge on any atom is 0.0612 e. The van der Waals surface area contributed by atoms with Crippen molar-refractivity contribution in [3.8, 4) is 11.1 Å². The molecule has 0 saturated heterocycles. The van der Waals surface area contributed by atoms with Crippen LogP contribution in [0.2, 0.25) is 0 Å². The van der Waals surface area contributed by atoms with Crippen LogP contribution in [0.25, 0.3) is 11.1 Å². The third kappa shape index (κ3) is 3.50. The monoisotopic (exact) mass is 424 g/mol. The second-order valence-corrected chi connectivity index (χ2v) is 9.70. The number of benzene rings is 3. The predicted molar refractivity (Wildman–Crippen MR) is 138 cm³/mol. The van der Waals surface area contributed by atoms with Gasteiger partial charge in [0.15, 0.2) is 0 Å². The highest BCUT2D eigenvalue weighted by molar-refractivity contribution is 5.91. The Bertz CT molecular complexity index is 1110. The summed E-state index contributed by atoms with van der Waals surface area (Å²) in [6, 6.07) is 21.1. The van der Waals surface area contributed by atoms with Gasteiger partial charge in [0, 0.05) is 18.4 Å². The molecule has 3 atom stereocenters. The molecule has 0 amide bonds. The molecule has 0 bridgehead atoms. The summed E-state index contributed by atoms with van der Waals surface area (Å²) < 4.78 is 0. The average molecular weight is 425 g/mol. The van der Waals surface area contributed by atoms with E-state index < -0.39 is 0 Å². The highest BCUT2D eigenvalue weighted by Gasteiger charge is 2.33. The van der Waals surface area contributed by atoms with Gasteiger partial charge in [0.1, 0.15) is 0 Å². The molecule has 3 aromatic rings. The fourth-order valence-electron chi connectivity index (χ4n) is 5.82. The lowest BCUT2D eigenvalue weighted by molar-refractivity contribution is 0.617. The Hall–Kier alpha value is -2.74. The van der Waals surface area contributed by atoms with Crippen LogP contribution in [-0.4, -0.2) is 12.6 Å². The largest absolute Gasteiger partial charge is 0.381 e. The van der Waals surface area contributed by atoms with Crippen LogP contribution in [0.15, 0.2) is 54.6 Å². The minimum absolute atomic E-state index is 0.380. The summed E-state index contributed by atoms with van der Waals surface area (Å²) in [4.78, 5) is 0. The number of hydrogen-bond donors (Lipinski definition) is 2. The zero-order chi connectivity index (χ0) is 22.2. The Balaban J connectivity index is 1.42. The van der Waals surface area contributed by atoms with E-state index in [1.54, 1.807) is 0 Å². The van der Waals surface area contributed by atoms with Crippen LogP contribution in [0.1, 0.15) is 79.7 Å². The lowest BCUT2D eigenvalue weighted by Gasteiger charge is -2.34. The third-order valence-electron chi connectivity index (χ3n) is 7.76. The highest BCUT2D eigenvalue weighted by Crippen LogP contribution is 2.51. The molecule has 0 spiro atoms. The van der Waals surface area contributed by atoms with Gasteiger partial charge >= 0.3 is 0 Å². The molecule has 0 radical (unpaired) electrons. The minimum Gasteiger partial charge on any atom is -0.381 e. The first-order valence-electron chi connectivity index (χ1n) is 12.5. The van der Waals surface area contributed by atoms with Gasteiger partial charge in [0.25, 0.3) is 0 Å². The summed E-state index contributed by atoms with van der Waals surface area (Å²) >= 11 is 0. The topological polar surface area (TPSA) is 24.1 Å². The smallest absolute Gasteiger partial charge is 0.0612 e. The summed E-state index contributed by atoms with van der Waals surface area (Å²) in [5, 5.41) is 7.73. The molecular weight excluding hydrogens is 388 g/mol. The van der Waals surface area contributed by atoms with Crippen LogP contribution in [0.4, 0.5) is 11.4 Å². The van der Waals surface area contributed by atoms with Crippen molar-refractivity contribution < 1.29 is 0 Å². The lowest BCUT2D eigenvalue weighted by atomic mass is 9.88. The summed E-state index contributed by atoms with van der Waals surface area (Å²) in [6.45, 7) is 10.2. The van der Waals surface area contributed by atoms with E-state index in [1.807, 2.05) is 0 Å². The van der Waals surface area contributed by atoms with Crippen LogP contribution < -0.4 is 10.6 Å². The zero-order valence-corrected chi connectivity index (χ0v) is 20.0. The van der Waals surface area contributed by atoms with E-state index in [4.69, 9.17) is 0 Å². The van der Waals surface area contributed by atoms with Gasteiger partial charge in [-0.05, 0) is 71.2 Å². The molecule has 5 rings (SSSR count). The molecule has 1 aliphatic carbocycles. The highest BCUT2D eigenvalue weighted by atomic mass is 15.1. The van der Waals surface area contributed by atoms with Crippen molar-refractivity contribution in [3.63, 3.8) is 0 Å². The first kappa shape index (κ1) is 21.1. The number of rotatable bonds is 6. The van der Waals surface area contributed by atoms with Gasteiger partial charge in [0.2, 0.25) is 0 Å². The summed E-state index contributed by atoms with van der Waals surface area (Å²) in [6.07, 6.45) is 4.85. The quantitative estimate of drug-likeness (QED) is 0.421. The third-order valence-corrected chi connectivity index (χ3v) is 7.76. The van der Waals surface area contributed by atoms with Crippen LogP contribution in [0, 0.1) is 6.92 Å². The number of aryl methyl sites for hydroxylation is 1. The zero-order valence-electron chi connectivity index (χ0n) is 20.0. The van der Waals surface area contributed by atoms with E-state index in [0.717, 1.165) is 13.0 Å². The van der Waals surface area contributed by atoms with Crippen molar-refractivity contribution in [3.05, 3.63) is 82.4 Å². The van der Waals surface area contributed by atoms with E-state index in [9.17, 15) is 0 Å². The molecule has 3 unspecified atom stereocenters. The number of fused-ring (bicyclic) bond motifs is 4. The molecule has 32 heavy (non-hydrogen) atoms. The molecular formula is C30H36N2. The molecule has 166 valence electrons. The Morgan fingerprint density at radius 3 is 2.53 bits per heavy atom. The van der Waals surface area contributed by atoms with Crippen molar-refractivity contribution in [1.82, 2.24) is 0 Å². The van der Waals surface area contributed by atoms with Gasteiger partial charge in [-0.25, -0.2) is 0 Å². The molecule has 2 nitrogen and oxygen atoms in total. The maximum absolute atomic E-state index is 3.92. The number of nitrogens with one attached hydrogen (secondary N) is 2. The SMILES string of the molecule is CCCCc1ccc(C(C)C2CNc3c(cc4c(c3C)-c3ccccc3C4CC)N2)cc1. The molecule has 2 heteroatoms. The summed E-state index contributed by atoms with van der Waals surface area (Å²) in [5.41, 5.74) is 12.7. The van der Waals surface area contributed by atoms with Crippen molar-refractivity contribution >= 4 is 11.4 Å². The molecule has 0 aromatic heterocycles. The van der Waals surface area contributed by atoms with Gasteiger partial charge < -0.3 is 10.6 Å². The molecule has 0 fully saturated rings. The van der Waals surface area contributed by atoms with Crippen LogP contribution in [0.5, 0.6) is 0 Å². The normalized spacial score (nSPS) is 19.4. The molecule has 1 aliphatic heterocycles. The average Bonchev–Trinajstić information content (AvgIpc) is 3.15. The standard InChI is InChI=1S/C30H36N2/c1-5-7-10-21-13-15-22(16-14-21)19(3)28-18-31-30-20(4)29-25-12-9-8-11-24(25)23(6-2)26(29)17-27(30)32-28/h8-9,11-17,19,23,28,31-32H,5-7,10,18H2,1-4H3. The number of unbranched alkanes of at least 4 members (excludes halogenated alkanes) is 1. The van der Waals surface area contributed by atoms with Gasteiger partial charge in [-0.3, -0.25) is 0 Å². The molecule has 2 aliphatic rings. The first-order valence-corrected chi connectivity index (χ1v) is 12.5. The van der Waals surface area contributed by atoms with E-state index in [1.165, 1.54) is 69.6 Å². The van der Waals surface area contributed by atoms with E-state index in [2.05, 4.69) is 92.9 Å². The van der Waals surface area contributed by atoms with Crippen molar-refractivity contribution in [2.75, 3.05) is 17.2 Å². The van der Waals surface area contributed by atoms with Crippen molar-refractivity contribution in [2.24, 2.45) is 0 Å². The molecule has 1 heterocycles. The second kappa shape index (κ2) is 8.65. The van der Waals surface area contributed by atoms with Crippen molar-refractivity contribution in [1.29, 1.82) is 0 Å². The fourth-order valence-corrected chi connectivity index (χ4v) is 5.82. The number of anilines is 2. The second-order valence-electron chi connectivity index (χ2n) is 9.70. The van der Waals surface area contributed by atoms with Crippen LogP contribution >= 0.6 is 0 Å². The van der Waals surface area contributed by atoms with Gasteiger partial charge in [-0.1, -0.05) is 75.7 Å². The predicted octanol–water partition coefficient (Wildman–Crippen LogP) is 7.87. The Labute approximate surface area is 193 Å². The van der Waals surface area contributed by atoms with E-state index >= 15 is 0 Å². The Kier molecular flexibility index (Phi) is 5.71. The minimum atomic E-state index is 0.380. The Morgan fingerprint density at radius 2 is 1.78 bits per heavy atom. The van der Waals surface area contributed by atoms with Crippen LogP contribution in [0.3, 0.4) is 0 Å². The molecule has 3 aromatic carbocycles. The van der Waals surface area contributed by atoms with Gasteiger partial charge in [0.05, 0.1) is 17.4 Å². The van der Waals surface area contributed by atoms with Crippen molar-refractivity contribution in [2.45, 2.75) is 71.3 Å². The lowest BCUT2D eigenvalue weighted by Crippen LogP contribution is -2.37. The fraction of sp³-hybridized carbons (Fsp3) is 0.400. The summed E-state index contributed by atoms with van der Waals surface area (Å²) in [7, 11) is 0. The van der Waals surface area contributed by atoms with E-state index in [-0.39, 0.29) is 0 Å². The first-order chi connectivity index (χ1) is 15.6. The molecule has 0 saturated carbocycles. The Morgan fingerprint density at radius 1 is 1.00 bits per heavy atom. The van der Waals surface area contributed by atoms with Gasteiger partial charge in [-0.15, -0.1) is 0 Å². The maximum atomic E-state index is 3.92. The number of hydrogen-bond acceptors (Lipinski definition) is 2. The van der Waals surface area contributed by atoms with E-state index in [0.29, 0.717) is 17.9 Å². The van der Waals surface area contributed by atoms with Gasteiger partial charge in [-0.2, -0.15) is 0 Å².